The second-order valence-corrected chi connectivity index (χ2v) is 12.7. The minimum atomic E-state index is 0.212. The first kappa shape index (κ1) is 23.1. The molecule has 5 aliphatic rings. The summed E-state index contributed by atoms with van der Waals surface area (Å²) in [4.78, 5) is 16.2. The first-order chi connectivity index (χ1) is 16.6. The highest BCUT2D eigenvalue weighted by Gasteiger charge is 2.59. The van der Waals surface area contributed by atoms with Gasteiger partial charge in [0, 0.05) is 31.4 Å². The smallest absolute Gasteiger partial charge is 0.230 e. The van der Waals surface area contributed by atoms with Crippen LogP contribution in [0.5, 0.6) is 0 Å². The molecular formula is C31H45NO2. The zero-order valence-corrected chi connectivity index (χ0v) is 21.5. The van der Waals surface area contributed by atoms with E-state index in [-0.39, 0.29) is 11.3 Å². The Balaban J connectivity index is 1.17. The third kappa shape index (κ3) is 3.76. The lowest BCUT2D eigenvalue weighted by Crippen LogP contribution is -2.51. The number of aryl methyl sites for hydroxylation is 1. The number of hydrogen-bond acceptors (Lipinski definition) is 2. The van der Waals surface area contributed by atoms with Crippen LogP contribution < -0.4 is 4.90 Å². The fourth-order valence-electron chi connectivity index (χ4n) is 9.74. The van der Waals surface area contributed by atoms with Crippen molar-refractivity contribution >= 4 is 11.6 Å². The summed E-state index contributed by atoms with van der Waals surface area (Å²) in [5.74, 6) is 5.92. The summed E-state index contributed by atoms with van der Waals surface area (Å²) in [6, 6.07) is 8.64. The van der Waals surface area contributed by atoms with Crippen molar-refractivity contribution in [1.82, 2.24) is 0 Å². The predicted octanol–water partition coefficient (Wildman–Crippen LogP) is 6.89. The molecule has 0 radical (unpaired) electrons. The van der Waals surface area contributed by atoms with Crippen molar-refractivity contribution in [3.05, 3.63) is 29.8 Å². The van der Waals surface area contributed by atoms with Gasteiger partial charge in [0.25, 0.3) is 0 Å². The Bertz CT molecular complexity index is 897. The molecule has 3 nitrogen and oxygen atoms in total. The molecule has 1 heterocycles. The molecule has 186 valence electrons. The van der Waals surface area contributed by atoms with Crippen LogP contribution in [0.15, 0.2) is 24.3 Å². The number of rotatable bonds is 4. The van der Waals surface area contributed by atoms with E-state index < -0.39 is 0 Å². The molecule has 0 spiro atoms. The van der Waals surface area contributed by atoms with E-state index in [2.05, 4.69) is 43.0 Å². The number of carbonyl (C=O) groups excluding carboxylic acids is 1. The van der Waals surface area contributed by atoms with Crippen LogP contribution in [0.25, 0.3) is 0 Å². The molecule has 8 atom stereocenters. The molecule has 34 heavy (non-hydrogen) atoms. The second-order valence-electron chi connectivity index (χ2n) is 12.7. The van der Waals surface area contributed by atoms with Gasteiger partial charge in [0.2, 0.25) is 5.91 Å². The molecule has 4 saturated carbocycles. The number of amides is 1. The van der Waals surface area contributed by atoms with E-state index in [0.29, 0.717) is 5.91 Å². The highest BCUT2D eigenvalue weighted by molar-refractivity contribution is 5.96. The normalized spacial score (nSPS) is 41.2. The number of ether oxygens (including phenoxy) is 1. The maximum atomic E-state index is 14.0. The molecule has 0 bridgehead atoms. The highest BCUT2D eigenvalue weighted by atomic mass is 16.5. The van der Waals surface area contributed by atoms with Crippen molar-refractivity contribution < 1.29 is 9.53 Å². The van der Waals surface area contributed by atoms with Crippen molar-refractivity contribution in [3.8, 4) is 0 Å². The van der Waals surface area contributed by atoms with E-state index >= 15 is 0 Å². The second kappa shape index (κ2) is 9.26. The van der Waals surface area contributed by atoms with Crippen molar-refractivity contribution in [2.24, 2.45) is 46.8 Å². The zero-order valence-electron chi connectivity index (χ0n) is 21.5. The number of benzene rings is 1. The summed E-state index contributed by atoms with van der Waals surface area (Å²) in [6.07, 6.45) is 14.3. The highest BCUT2D eigenvalue weighted by Crippen LogP contribution is 2.64. The molecule has 1 aliphatic heterocycles. The van der Waals surface area contributed by atoms with Crippen molar-refractivity contribution in [1.29, 1.82) is 0 Å². The third-order valence-corrected chi connectivity index (χ3v) is 11.3. The van der Waals surface area contributed by atoms with E-state index in [9.17, 15) is 4.79 Å². The van der Waals surface area contributed by atoms with Crippen LogP contribution in [0.4, 0.5) is 5.69 Å². The summed E-state index contributed by atoms with van der Waals surface area (Å²) in [5.41, 5.74) is 2.77. The van der Waals surface area contributed by atoms with Crippen LogP contribution in [0.1, 0.15) is 83.6 Å². The van der Waals surface area contributed by atoms with Gasteiger partial charge < -0.3 is 9.64 Å². The number of carbonyl (C=O) groups is 1. The summed E-state index contributed by atoms with van der Waals surface area (Å²) < 4.78 is 5.80. The Morgan fingerprint density at radius 1 is 1.03 bits per heavy atom. The molecule has 1 amide bonds. The molecule has 8 unspecified atom stereocenters. The van der Waals surface area contributed by atoms with E-state index in [1.54, 1.807) is 0 Å². The van der Waals surface area contributed by atoms with Crippen molar-refractivity contribution in [3.63, 3.8) is 0 Å². The number of anilines is 1. The number of fused-ring (bicyclic) bond motifs is 6. The van der Waals surface area contributed by atoms with E-state index in [4.69, 9.17) is 4.74 Å². The largest absolute Gasteiger partial charge is 0.381 e. The van der Waals surface area contributed by atoms with Gasteiger partial charge in [-0.1, -0.05) is 25.1 Å². The molecule has 0 N–H and O–H groups in total. The Kier molecular flexibility index (Phi) is 6.29. The maximum Gasteiger partial charge on any atom is 0.230 e. The summed E-state index contributed by atoms with van der Waals surface area (Å²) in [5, 5.41) is 0. The van der Waals surface area contributed by atoms with Crippen LogP contribution in [-0.4, -0.2) is 25.7 Å². The molecule has 4 fully saturated rings. The zero-order chi connectivity index (χ0) is 23.3. The molecule has 1 aromatic rings. The standard InChI is InChI=1S/C31H45NO2/c1-3-34-20-21-10-12-24-23(19-21)11-13-26-25(24)16-17-31(2)27(26)14-15-28(31)30(33)32-18-6-8-22-7-4-5-9-29(22)32/h4-5,7,9,21,23-28H,3,6,8,10-20H2,1-2H3. The molecule has 0 saturated heterocycles. The third-order valence-electron chi connectivity index (χ3n) is 11.3. The number of nitrogens with zero attached hydrogens (tertiary/aromatic N) is 1. The summed E-state index contributed by atoms with van der Waals surface area (Å²) in [7, 11) is 0. The molecule has 1 aromatic carbocycles. The summed E-state index contributed by atoms with van der Waals surface area (Å²) in [6.45, 7) is 7.39. The first-order valence-electron chi connectivity index (χ1n) is 14.6. The van der Waals surface area contributed by atoms with E-state index in [1.807, 2.05) is 0 Å². The number of para-hydroxylation sites is 1. The van der Waals surface area contributed by atoms with Gasteiger partial charge in [0.05, 0.1) is 0 Å². The van der Waals surface area contributed by atoms with Gasteiger partial charge in [-0.15, -0.1) is 0 Å². The Morgan fingerprint density at radius 3 is 2.76 bits per heavy atom. The minimum absolute atomic E-state index is 0.212. The molecule has 0 aromatic heterocycles. The Labute approximate surface area is 207 Å². The maximum absolute atomic E-state index is 14.0. The fourth-order valence-corrected chi connectivity index (χ4v) is 9.74. The lowest BCUT2D eigenvalue weighted by Gasteiger charge is -2.56. The van der Waals surface area contributed by atoms with Gasteiger partial charge in [0.1, 0.15) is 0 Å². The van der Waals surface area contributed by atoms with Crippen LogP contribution in [-0.2, 0) is 16.0 Å². The van der Waals surface area contributed by atoms with Gasteiger partial charge in [-0.25, -0.2) is 0 Å². The Hall–Kier alpha value is -1.35. The van der Waals surface area contributed by atoms with E-state index in [0.717, 1.165) is 74.5 Å². The topological polar surface area (TPSA) is 29.5 Å². The van der Waals surface area contributed by atoms with Crippen molar-refractivity contribution in [2.75, 3.05) is 24.7 Å². The van der Waals surface area contributed by atoms with Gasteiger partial charge in [-0.2, -0.15) is 0 Å². The average molecular weight is 464 g/mol. The van der Waals surface area contributed by atoms with Gasteiger partial charge >= 0.3 is 0 Å². The van der Waals surface area contributed by atoms with E-state index in [1.165, 1.54) is 62.6 Å². The summed E-state index contributed by atoms with van der Waals surface area (Å²) >= 11 is 0. The van der Waals surface area contributed by atoms with Gasteiger partial charge in [-0.3, -0.25) is 4.79 Å². The first-order valence-corrected chi connectivity index (χ1v) is 14.6. The Morgan fingerprint density at radius 2 is 1.88 bits per heavy atom. The van der Waals surface area contributed by atoms with Crippen LogP contribution >= 0.6 is 0 Å². The molecule has 6 rings (SSSR count). The van der Waals surface area contributed by atoms with Crippen LogP contribution in [0.2, 0.25) is 0 Å². The average Bonchev–Trinajstić information content (AvgIpc) is 3.23. The molecular weight excluding hydrogens is 418 g/mol. The molecule has 4 aliphatic carbocycles. The SMILES string of the molecule is CCOCC1CCC2C(CCC3C2CCC2(C)C(C(=O)N4CCCc5ccccc54)CCC32)C1. The lowest BCUT2D eigenvalue weighted by atomic mass is 9.49. The number of hydrogen-bond donors (Lipinski definition) is 0. The van der Waals surface area contributed by atoms with Crippen molar-refractivity contribution in [2.45, 2.75) is 84.5 Å². The molecule has 3 heteroatoms. The minimum Gasteiger partial charge on any atom is -0.381 e. The predicted molar refractivity (Wildman–Crippen MR) is 138 cm³/mol. The van der Waals surface area contributed by atoms with Crippen LogP contribution in [0.3, 0.4) is 0 Å². The lowest BCUT2D eigenvalue weighted by molar-refractivity contribution is -0.130. The monoisotopic (exact) mass is 463 g/mol. The quantitative estimate of drug-likeness (QED) is 0.487. The fraction of sp³-hybridized carbons (Fsp3) is 0.774. The van der Waals surface area contributed by atoms with Gasteiger partial charge in [-0.05, 0) is 130 Å². The van der Waals surface area contributed by atoms with Gasteiger partial charge in [0.15, 0.2) is 0 Å². The van der Waals surface area contributed by atoms with Crippen LogP contribution in [0, 0.1) is 46.8 Å².